The minimum Gasteiger partial charge on any atom is -0.392 e. The molecule has 1 aromatic rings. The number of aliphatic hydroxyl groups excluding tert-OH is 1. The molecule has 3 atom stereocenters. The normalized spacial score (nSPS) is 26.0. The van der Waals surface area contributed by atoms with E-state index in [0.29, 0.717) is 22.4 Å². The van der Waals surface area contributed by atoms with E-state index in [2.05, 4.69) is 6.92 Å². The monoisotopic (exact) mass is 288 g/mol. The lowest BCUT2D eigenvalue weighted by Gasteiger charge is -2.32. The summed E-state index contributed by atoms with van der Waals surface area (Å²) in [6.07, 6.45) is 0.985. The van der Waals surface area contributed by atoms with E-state index in [1.807, 2.05) is 18.2 Å². The highest BCUT2D eigenvalue weighted by Crippen LogP contribution is 2.31. The van der Waals surface area contributed by atoms with Crippen LogP contribution in [-0.2, 0) is 11.2 Å². The maximum atomic E-state index is 10.4. The van der Waals surface area contributed by atoms with Gasteiger partial charge in [-0.05, 0) is 36.0 Å². The summed E-state index contributed by atoms with van der Waals surface area (Å²) in [5.74, 6) is 0.626. The molecule has 2 rings (SSSR count). The van der Waals surface area contributed by atoms with Gasteiger partial charge in [0.2, 0.25) is 0 Å². The van der Waals surface area contributed by atoms with Crippen molar-refractivity contribution >= 4 is 23.2 Å². The van der Waals surface area contributed by atoms with Crippen LogP contribution in [-0.4, -0.2) is 24.4 Å². The Morgan fingerprint density at radius 1 is 1.39 bits per heavy atom. The molecular formula is C14H18Cl2O2. The van der Waals surface area contributed by atoms with Crippen molar-refractivity contribution in [3.8, 4) is 0 Å². The molecular weight excluding hydrogens is 271 g/mol. The fraction of sp³-hybridized carbons (Fsp3) is 0.571. The molecule has 0 aliphatic carbocycles. The Bertz CT molecular complexity index is 389. The van der Waals surface area contributed by atoms with Gasteiger partial charge in [-0.1, -0.05) is 36.2 Å². The van der Waals surface area contributed by atoms with Gasteiger partial charge in [0, 0.05) is 29.7 Å². The van der Waals surface area contributed by atoms with Crippen LogP contribution in [0.15, 0.2) is 18.2 Å². The van der Waals surface area contributed by atoms with Gasteiger partial charge < -0.3 is 9.84 Å². The molecule has 1 N–H and O–H groups in total. The Labute approximate surface area is 118 Å². The number of hydrogen-bond acceptors (Lipinski definition) is 2. The zero-order chi connectivity index (χ0) is 13.1. The number of rotatable bonds is 3. The maximum absolute atomic E-state index is 10.4. The minimum absolute atomic E-state index is 0.256. The van der Waals surface area contributed by atoms with Crippen LogP contribution in [0.1, 0.15) is 18.9 Å². The average molecular weight is 289 g/mol. The van der Waals surface area contributed by atoms with Gasteiger partial charge >= 0.3 is 0 Å². The van der Waals surface area contributed by atoms with Crippen LogP contribution in [0.2, 0.25) is 10.0 Å². The molecule has 1 heterocycles. The lowest BCUT2D eigenvalue weighted by Crippen LogP contribution is -2.35. The summed E-state index contributed by atoms with van der Waals surface area (Å²) in [4.78, 5) is 0. The summed E-state index contributed by atoms with van der Waals surface area (Å²) >= 11 is 12.3. The number of hydrogen-bond donors (Lipinski definition) is 1. The highest BCUT2D eigenvalue weighted by Gasteiger charge is 2.29. The molecule has 18 heavy (non-hydrogen) atoms. The molecule has 0 radical (unpaired) electrons. The van der Waals surface area contributed by atoms with E-state index < -0.39 is 6.10 Å². The molecule has 0 spiro atoms. The molecule has 1 aromatic carbocycles. The predicted octanol–water partition coefficient (Wildman–Crippen LogP) is 3.57. The van der Waals surface area contributed by atoms with Gasteiger partial charge in [-0.3, -0.25) is 0 Å². The molecule has 0 aromatic heterocycles. The molecule has 1 aliphatic rings. The summed E-state index contributed by atoms with van der Waals surface area (Å²) in [7, 11) is 0. The zero-order valence-electron chi connectivity index (χ0n) is 10.4. The van der Waals surface area contributed by atoms with Crippen molar-refractivity contribution in [2.45, 2.75) is 25.9 Å². The third-order valence-electron chi connectivity index (χ3n) is 3.68. The number of benzene rings is 1. The van der Waals surface area contributed by atoms with Crippen molar-refractivity contribution in [1.82, 2.24) is 0 Å². The Balaban J connectivity index is 2.08. The second kappa shape index (κ2) is 6.25. The van der Waals surface area contributed by atoms with Gasteiger partial charge in [0.25, 0.3) is 0 Å². The van der Waals surface area contributed by atoms with E-state index in [-0.39, 0.29) is 5.92 Å². The summed E-state index contributed by atoms with van der Waals surface area (Å²) in [5, 5.41) is 11.6. The first-order chi connectivity index (χ1) is 8.59. The standard InChI is InChI=1S/C14H18Cl2O2/c1-9-8-18-6-5-10(9)14(17)7-11-12(15)3-2-4-13(11)16/h2-4,9-10,14,17H,5-8H2,1H3. The molecule has 100 valence electrons. The van der Waals surface area contributed by atoms with Gasteiger partial charge in [-0.15, -0.1) is 0 Å². The molecule has 2 nitrogen and oxygen atoms in total. The Morgan fingerprint density at radius 2 is 2.06 bits per heavy atom. The van der Waals surface area contributed by atoms with Crippen LogP contribution in [0.25, 0.3) is 0 Å². The molecule has 0 bridgehead atoms. The lowest BCUT2D eigenvalue weighted by atomic mass is 9.83. The fourth-order valence-corrected chi connectivity index (χ4v) is 3.11. The maximum Gasteiger partial charge on any atom is 0.0614 e. The van der Waals surface area contributed by atoms with Gasteiger partial charge in [-0.25, -0.2) is 0 Å². The first kappa shape index (κ1) is 14.1. The SMILES string of the molecule is CC1COCCC1C(O)Cc1c(Cl)cccc1Cl. The van der Waals surface area contributed by atoms with Crippen molar-refractivity contribution in [3.63, 3.8) is 0 Å². The van der Waals surface area contributed by atoms with E-state index in [1.54, 1.807) is 0 Å². The van der Waals surface area contributed by atoms with Crippen molar-refractivity contribution in [2.75, 3.05) is 13.2 Å². The quantitative estimate of drug-likeness (QED) is 0.921. The average Bonchev–Trinajstić information content (AvgIpc) is 2.34. The van der Waals surface area contributed by atoms with Crippen molar-refractivity contribution in [1.29, 1.82) is 0 Å². The summed E-state index contributed by atoms with van der Waals surface area (Å²) in [6, 6.07) is 5.43. The Hall–Kier alpha value is -0.280. The van der Waals surface area contributed by atoms with Gasteiger partial charge in [-0.2, -0.15) is 0 Å². The lowest BCUT2D eigenvalue weighted by molar-refractivity contribution is -0.0294. The summed E-state index contributed by atoms with van der Waals surface area (Å²) in [5.41, 5.74) is 0.840. The summed E-state index contributed by atoms with van der Waals surface area (Å²) in [6.45, 7) is 3.56. The van der Waals surface area contributed by atoms with Gasteiger partial charge in [0.15, 0.2) is 0 Å². The minimum atomic E-state index is -0.415. The van der Waals surface area contributed by atoms with Gasteiger partial charge in [0.05, 0.1) is 6.10 Å². The molecule has 1 aliphatic heterocycles. The Kier molecular flexibility index (Phi) is 4.91. The molecule has 4 heteroatoms. The van der Waals surface area contributed by atoms with Crippen LogP contribution < -0.4 is 0 Å². The van der Waals surface area contributed by atoms with E-state index in [9.17, 15) is 5.11 Å². The third kappa shape index (κ3) is 3.18. The molecule has 0 amide bonds. The zero-order valence-corrected chi connectivity index (χ0v) is 11.9. The molecule has 1 fully saturated rings. The number of aliphatic hydroxyl groups is 1. The molecule has 0 saturated carbocycles. The van der Waals surface area contributed by atoms with Crippen LogP contribution in [0.3, 0.4) is 0 Å². The van der Waals surface area contributed by atoms with Crippen LogP contribution in [0, 0.1) is 11.8 Å². The van der Waals surface area contributed by atoms with Crippen molar-refractivity contribution < 1.29 is 9.84 Å². The van der Waals surface area contributed by atoms with Gasteiger partial charge in [0.1, 0.15) is 0 Å². The largest absolute Gasteiger partial charge is 0.392 e. The van der Waals surface area contributed by atoms with Crippen LogP contribution in [0.4, 0.5) is 0 Å². The summed E-state index contributed by atoms with van der Waals surface area (Å²) < 4.78 is 5.40. The topological polar surface area (TPSA) is 29.5 Å². The van der Waals surface area contributed by atoms with E-state index in [1.165, 1.54) is 0 Å². The van der Waals surface area contributed by atoms with Crippen molar-refractivity contribution in [2.24, 2.45) is 11.8 Å². The van der Waals surface area contributed by atoms with Crippen LogP contribution >= 0.6 is 23.2 Å². The fourth-order valence-electron chi connectivity index (χ4n) is 2.56. The smallest absolute Gasteiger partial charge is 0.0614 e. The highest BCUT2D eigenvalue weighted by molar-refractivity contribution is 6.35. The molecule has 3 unspecified atom stereocenters. The van der Waals surface area contributed by atoms with Crippen molar-refractivity contribution in [3.05, 3.63) is 33.8 Å². The highest BCUT2D eigenvalue weighted by atomic mass is 35.5. The first-order valence-corrected chi connectivity index (χ1v) is 7.04. The van der Waals surface area contributed by atoms with Crippen LogP contribution in [0.5, 0.6) is 0 Å². The number of halogens is 2. The number of ether oxygens (including phenoxy) is 1. The van der Waals surface area contributed by atoms with E-state index in [4.69, 9.17) is 27.9 Å². The third-order valence-corrected chi connectivity index (χ3v) is 4.38. The van der Waals surface area contributed by atoms with E-state index >= 15 is 0 Å². The predicted molar refractivity (Wildman–Crippen MR) is 74.3 cm³/mol. The Morgan fingerprint density at radius 3 is 2.67 bits per heavy atom. The second-order valence-corrected chi connectivity index (χ2v) is 5.79. The second-order valence-electron chi connectivity index (χ2n) is 4.98. The first-order valence-electron chi connectivity index (χ1n) is 6.28. The molecule has 1 saturated heterocycles. The van der Waals surface area contributed by atoms with E-state index in [0.717, 1.165) is 25.2 Å².